The maximum absolute atomic E-state index is 14.2. The van der Waals surface area contributed by atoms with E-state index in [1.165, 1.54) is 52.7 Å². The van der Waals surface area contributed by atoms with E-state index in [0.29, 0.717) is 6.61 Å². The average Bonchev–Trinajstić information content (AvgIpc) is 0.787. The number of halogens is 24. The minimum atomic E-state index is -6.13. The minimum absolute atomic E-state index is 0. The Morgan fingerprint density at radius 1 is 0.354 bits per heavy atom. The van der Waals surface area contributed by atoms with Crippen molar-refractivity contribution in [2.24, 2.45) is 10.4 Å². The van der Waals surface area contributed by atoms with Gasteiger partial charge in [0.05, 0.1) is 50.5 Å². The number of allylic oxidation sites excluding steroid dienone is 4. The molecule has 1 aliphatic heterocycles. The second-order valence-corrected chi connectivity index (χ2v) is 25.5. The van der Waals surface area contributed by atoms with E-state index in [9.17, 15) is 105 Å². The minimum Gasteiger partial charge on any atom is -0.475 e. The molecule has 1 heterocycles. The number of aryl methyl sites for hydroxylation is 2. The first-order valence-corrected chi connectivity index (χ1v) is 29.8. The van der Waals surface area contributed by atoms with Crippen LogP contribution in [-0.2, 0) is 74.3 Å². The van der Waals surface area contributed by atoms with Gasteiger partial charge in [-0.25, -0.2) is 4.99 Å². The van der Waals surface area contributed by atoms with Crippen LogP contribution in [0.5, 0.6) is 0 Å². The first-order chi connectivity index (χ1) is 43.6. The largest absolute Gasteiger partial charge is 0.475 e. The van der Waals surface area contributed by atoms with Gasteiger partial charge in [0.2, 0.25) is 5.90 Å². The van der Waals surface area contributed by atoms with Crippen molar-refractivity contribution in [1.29, 1.82) is 0 Å². The molecular weight excluding hydrogens is 1520 g/mol. The van der Waals surface area contributed by atoms with Crippen molar-refractivity contribution in [1.82, 2.24) is 0 Å². The summed E-state index contributed by atoms with van der Waals surface area (Å²) < 4.78 is 347. The molecule has 7 aromatic carbocycles. The van der Waals surface area contributed by atoms with E-state index in [1.54, 1.807) is 0 Å². The van der Waals surface area contributed by atoms with Crippen molar-refractivity contribution in [3.8, 4) is 0 Å². The van der Waals surface area contributed by atoms with Gasteiger partial charge in [-0.05, 0) is 110 Å². The Hall–Kier alpha value is -7.05. The van der Waals surface area contributed by atoms with Gasteiger partial charge >= 0.3 is 49.4 Å². The molecule has 2 aliphatic rings. The van der Waals surface area contributed by atoms with Gasteiger partial charge in [0.25, 0.3) is 0 Å². The molecule has 0 aromatic heterocycles. The predicted octanol–water partition coefficient (Wildman–Crippen LogP) is 19.1. The summed E-state index contributed by atoms with van der Waals surface area (Å²) in [6.07, 6.45) is -40.8. The van der Waals surface area contributed by atoms with Crippen LogP contribution in [-0.4, -0.2) is 24.7 Å². The summed E-state index contributed by atoms with van der Waals surface area (Å²) in [4.78, 5) is 5.01. The Morgan fingerprint density at radius 2 is 0.594 bits per heavy atom. The first kappa shape index (κ1) is 78.0. The summed E-state index contributed by atoms with van der Waals surface area (Å²) in [5.41, 5.74) is -26.3. The number of hydrogen-bond donors (Lipinski definition) is 0. The van der Waals surface area contributed by atoms with E-state index in [-0.39, 0.29) is 31.6 Å². The molecule has 519 valence electrons. The normalized spacial score (nSPS) is 16.0. The summed E-state index contributed by atoms with van der Waals surface area (Å²) in [6, 6.07) is 17.6. The van der Waals surface area contributed by atoms with Crippen molar-refractivity contribution < 1.29 is 130 Å². The quantitative estimate of drug-likeness (QED) is 0.0643. The third-order valence-electron chi connectivity index (χ3n) is 15.5. The predicted molar refractivity (Wildman–Crippen MR) is 317 cm³/mol. The summed E-state index contributed by atoms with van der Waals surface area (Å²) >= 11 is 0. The molecule has 0 saturated carbocycles. The van der Waals surface area contributed by atoms with Gasteiger partial charge in [-0.15, -0.1) is 0 Å². The number of hydrogen-bond acceptors (Lipinski definition) is 2. The maximum atomic E-state index is 14.2. The van der Waals surface area contributed by atoms with Crippen LogP contribution in [0.3, 0.4) is 0 Å². The Kier molecular flexibility index (Phi) is 23.7. The number of nitrogens with zero attached hydrogens (tertiary/aromatic N) is 1. The van der Waals surface area contributed by atoms with Crippen LogP contribution in [0.1, 0.15) is 108 Å². The van der Waals surface area contributed by atoms with Crippen molar-refractivity contribution in [3.63, 3.8) is 0 Å². The van der Waals surface area contributed by atoms with Crippen molar-refractivity contribution >= 4 is 57.7 Å². The smallest absolute Gasteiger partial charge is 0.416 e. The Labute approximate surface area is 549 Å². The fourth-order valence-electron chi connectivity index (χ4n) is 10.8. The first-order valence-electron chi connectivity index (χ1n) is 28.5. The van der Waals surface area contributed by atoms with Crippen LogP contribution in [0.4, 0.5) is 105 Å². The van der Waals surface area contributed by atoms with Crippen LogP contribution in [0, 0.1) is 19.3 Å². The van der Waals surface area contributed by atoms with E-state index in [0.717, 1.165) is 11.5 Å². The molecule has 0 spiro atoms. The SMILES string of the molecule is C1=C\CC/C=C\CC/1.Cc1ccccc1P(c1ccccc1C)c1ccccc1C1=N[C@@H](C(C)(C)C)CO1.FC(F)(F)c1cc([B-](c2cc(C(F)(F)F)cc(C(F)(F)F)c2)(c2cc(C(F)(F)F)cc(C(F)(F)F)c2)c2cc(C(F)(F)F)cc(C(F)(F)F)c2)cc(C(F)(F)F)c1.[Ir]. The van der Waals surface area contributed by atoms with E-state index >= 15 is 0 Å². The standard InChI is InChI=1S/C32H12BF24.C27H30NOP.C8H12.Ir/c34-25(35,36)13-1-14(26(37,38)39)6-21(5-13)33(22-7-15(27(40,41)42)2-16(8-22)28(43,44)45,23-9-17(29(46,47)48)3-18(10-23)30(49,50)51)24-11-19(31(52,53)54)4-20(12-24)32(55,56)57;1-19-12-6-9-15-22(19)30(23-16-10-7-13-20(23)2)24-17-11-8-14-21(24)26-28-25(18-29-26)27(3,4)5;1-2-4-6-8-7-5-3-1;/h1-12H;6-17,25H,18H2,1-5H3;1-2,7-8H,3-6H2;/q-1;;;/b;;2-1-,8-7-;/t;25-;;/m.1../s1. The van der Waals surface area contributed by atoms with Crippen LogP contribution in [0.2, 0.25) is 0 Å². The Morgan fingerprint density at radius 3 is 0.823 bits per heavy atom. The molecule has 0 amide bonds. The summed E-state index contributed by atoms with van der Waals surface area (Å²) in [5.74, 6) is 0.792. The zero-order valence-corrected chi connectivity index (χ0v) is 53.9. The number of ether oxygens (including phenoxy) is 1. The molecule has 1 aliphatic carbocycles. The molecule has 96 heavy (non-hydrogen) atoms. The molecule has 0 N–H and O–H groups in total. The number of rotatable bonds is 8. The number of alkyl halides is 24. The molecule has 2 nitrogen and oxygen atoms in total. The van der Waals surface area contributed by atoms with Crippen LogP contribution < -0.4 is 37.8 Å². The fraction of sp³-hybridized carbons (Fsp3) is 0.299. The summed E-state index contributed by atoms with van der Waals surface area (Å²) in [5, 5.41) is 4.09. The Balaban J connectivity index is 0.000000307. The summed E-state index contributed by atoms with van der Waals surface area (Å²) in [7, 11) is -0.728. The fourth-order valence-corrected chi connectivity index (χ4v) is 13.5. The van der Waals surface area contributed by atoms with Crippen LogP contribution in [0.15, 0.2) is 175 Å². The van der Waals surface area contributed by atoms with E-state index in [2.05, 4.69) is 132 Å². The zero-order valence-electron chi connectivity index (χ0n) is 50.6. The molecule has 0 saturated heterocycles. The van der Waals surface area contributed by atoms with Crippen LogP contribution >= 0.6 is 7.92 Å². The molecular formula is C67H54BF24IrNOP-. The summed E-state index contributed by atoms with van der Waals surface area (Å²) in [6.45, 7) is 11.8. The van der Waals surface area contributed by atoms with E-state index in [1.807, 2.05) is 0 Å². The van der Waals surface area contributed by atoms with Gasteiger partial charge in [0.1, 0.15) is 12.8 Å². The van der Waals surface area contributed by atoms with Crippen molar-refractivity contribution in [2.45, 2.75) is 116 Å². The van der Waals surface area contributed by atoms with Crippen molar-refractivity contribution in [2.75, 3.05) is 6.61 Å². The second kappa shape index (κ2) is 29.2. The monoisotopic (exact) mass is 1580 g/mol. The molecule has 0 unspecified atom stereocenters. The third-order valence-corrected chi connectivity index (χ3v) is 18.4. The molecule has 0 fully saturated rings. The zero-order chi connectivity index (χ0) is 70.9. The van der Waals surface area contributed by atoms with E-state index in [4.69, 9.17) is 9.73 Å². The average molecular weight is 1580 g/mol. The molecule has 1 radical (unpaired) electrons. The van der Waals surface area contributed by atoms with Gasteiger partial charge < -0.3 is 4.74 Å². The van der Waals surface area contributed by atoms with Gasteiger partial charge in [-0.2, -0.15) is 127 Å². The van der Waals surface area contributed by atoms with Crippen molar-refractivity contribution in [3.05, 3.63) is 231 Å². The topological polar surface area (TPSA) is 21.6 Å². The van der Waals surface area contributed by atoms with Gasteiger partial charge in [-0.3, -0.25) is 0 Å². The van der Waals surface area contributed by atoms with Crippen LogP contribution in [0.25, 0.3) is 0 Å². The van der Waals surface area contributed by atoms with E-state index < -0.39 is 203 Å². The van der Waals surface area contributed by atoms with Gasteiger partial charge in [0, 0.05) is 25.7 Å². The molecule has 9 rings (SSSR count). The molecule has 0 bridgehead atoms. The number of aliphatic imine (C=N–C) groups is 1. The van der Waals surface area contributed by atoms with Gasteiger partial charge in [-0.1, -0.05) is 160 Å². The molecule has 29 heteroatoms. The third kappa shape index (κ3) is 18.8. The molecule has 7 aromatic rings. The van der Waals surface area contributed by atoms with Gasteiger partial charge in [0.15, 0.2) is 0 Å². The maximum Gasteiger partial charge on any atom is 0.416 e. The molecule has 1 atom stereocenters. The Bertz CT molecular complexity index is 3450. The second-order valence-electron chi connectivity index (χ2n) is 23.4. The number of benzene rings is 7.